The number of hydrogen-bond acceptors (Lipinski definition) is 4. The minimum Gasteiger partial charge on any atom is -0.322 e. The lowest BCUT2D eigenvalue weighted by atomic mass is 10.2. The number of amides is 2. The van der Waals surface area contributed by atoms with E-state index in [0.717, 1.165) is 0 Å². The van der Waals surface area contributed by atoms with Crippen LogP contribution in [0.1, 0.15) is 16.8 Å². The van der Waals surface area contributed by atoms with Crippen LogP contribution in [0.2, 0.25) is 10.0 Å². The summed E-state index contributed by atoms with van der Waals surface area (Å²) in [6.07, 6.45) is 1.12. The maximum absolute atomic E-state index is 12.3. The first-order valence-corrected chi connectivity index (χ1v) is 7.15. The molecule has 0 spiro atoms. The van der Waals surface area contributed by atoms with E-state index < -0.39 is 11.8 Å². The van der Waals surface area contributed by atoms with E-state index in [4.69, 9.17) is 28.5 Å². The van der Waals surface area contributed by atoms with E-state index in [1.807, 2.05) is 0 Å². The van der Waals surface area contributed by atoms with Gasteiger partial charge in [-0.2, -0.15) is 5.26 Å². The Kier molecular flexibility index (Phi) is 5.52. The van der Waals surface area contributed by atoms with E-state index >= 15 is 0 Å². The first kappa shape index (κ1) is 16.7. The fourth-order valence-corrected chi connectivity index (χ4v) is 2.31. The third-order valence-corrected chi connectivity index (χ3v) is 3.34. The van der Waals surface area contributed by atoms with Gasteiger partial charge in [-0.3, -0.25) is 9.59 Å². The van der Waals surface area contributed by atoms with Gasteiger partial charge in [0.05, 0.1) is 21.7 Å². The van der Waals surface area contributed by atoms with Gasteiger partial charge in [0.1, 0.15) is 12.2 Å². The first-order chi connectivity index (χ1) is 11.0. The second-order valence-corrected chi connectivity index (χ2v) is 5.18. The number of nitrogens with zero attached hydrogens (tertiary/aromatic N) is 2. The molecule has 116 valence electrons. The number of hydrogen-bond donors (Lipinski definition) is 2. The summed E-state index contributed by atoms with van der Waals surface area (Å²) < 4.78 is 0. The van der Waals surface area contributed by atoms with Crippen molar-refractivity contribution in [2.24, 2.45) is 0 Å². The molecule has 0 aliphatic carbocycles. The van der Waals surface area contributed by atoms with Gasteiger partial charge in [0.2, 0.25) is 5.91 Å². The van der Waals surface area contributed by atoms with Gasteiger partial charge in [-0.25, -0.2) is 4.98 Å². The SMILES string of the molecule is N#CCC(=O)Nc1cc(NC(=O)c2c(Cl)cccc2Cl)ccn1. The second-order valence-electron chi connectivity index (χ2n) is 4.36. The molecule has 0 aliphatic rings. The van der Waals surface area contributed by atoms with Crippen molar-refractivity contribution >= 4 is 46.5 Å². The highest BCUT2D eigenvalue weighted by molar-refractivity contribution is 6.40. The van der Waals surface area contributed by atoms with Gasteiger partial charge in [-0.05, 0) is 18.2 Å². The van der Waals surface area contributed by atoms with Crippen LogP contribution in [-0.4, -0.2) is 16.8 Å². The molecule has 1 heterocycles. The van der Waals surface area contributed by atoms with Gasteiger partial charge in [0, 0.05) is 18.0 Å². The lowest BCUT2D eigenvalue weighted by Gasteiger charge is -2.09. The Bertz CT molecular complexity index is 782. The fraction of sp³-hybridized carbons (Fsp3) is 0.0667. The highest BCUT2D eigenvalue weighted by Crippen LogP contribution is 2.25. The molecule has 23 heavy (non-hydrogen) atoms. The quantitative estimate of drug-likeness (QED) is 0.883. The third kappa shape index (κ3) is 4.42. The lowest BCUT2D eigenvalue weighted by Crippen LogP contribution is -2.15. The molecular weight excluding hydrogens is 339 g/mol. The van der Waals surface area contributed by atoms with Gasteiger partial charge >= 0.3 is 0 Å². The zero-order chi connectivity index (χ0) is 16.8. The molecule has 0 bridgehead atoms. The summed E-state index contributed by atoms with van der Waals surface area (Å²) in [5.74, 6) is -0.757. The number of benzene rings is 1. The molecule has 6 nitrogen and oxygen atoms in total. The standard InChI is InChI=1S/C15H10Cl2N4O2/c16-10-2-1-3-11(17)14(10)15(23)20-9-5-7-19-12(8-9)21-13(22)4-6-18/h1-3,5,7-8H,4H2,(H2,19,20,21,22,23). The number of pyridine rings is 1. The van der Waals surface area contributed by atoms with Crippen molar-refractivity contribution in [3.63, 3.8) is 0 Å². The maximum Gasteiger partial charge on any atom is 0.258 e. The molecule has 0 aliphatic heterocycles. The largest absolute Gasteiger partial charge is 0.322 e. The van der Waals surface area contributed by atoms with Crippen LogP contribution in [0.3, 0.4) is 0 Å². The lowest BCUT2D eigenvalue weighted by molar-refractivity contribution is -0.115. The van der Waals surface area contributed by atoms with E-state index in [-0.39, 0.29) is 27.8 Å². The first-order valence-electron chi connectivity index (χ1n) is 6.39. The summed E-state index contributed by atoms with van der Waals surface area (Å²) in [5.41, 5.74) is 0.552. The maximum atomic E-state index is 12.3. The van der Waals surface area contributed by atoms with E-state index in [0.29, 0.717) is 5.69 Å². The van der Waals surface area contributed by atoms with Gasteiger partial charge in [-0.1, -0.05) is 29.3 Å². The van der Waals surface area contributed by atoms with E-state index in [9.17, 15) is 9.59 Å². The topological polar surface area (TPSA) is 94.9 Å². The zero-order valence-electron chi connectivity index (χ0n) is 11.6. The van der Waals surface area contributed by atoms with Gasteiger partial charge < -0.3 is 10.6 Å². The van der Waals surface area contributed by atoms with Crippen molar-refractivity contribution < 1.29 is 9.59 Å². The molecule has 1 aromatic carbocycles. The summed E-state index contributed by atoms with van der Waals surface area (Å²) in [5, 5.41) is 14.0. The molecule has 2 aromatic rings. The van der Waals surface area contributed by atoms with Gasteiger partial charge in [0.25, 0.3) is 5.91 Å². The summed E-state index contributed by atoms with van der Waals surface area (Å²) >= 11 is 12.0. The van der Waals surface area contributed by atoms with Crippen LogP contribution in [0.4, 0.5) is 11.5 Å². The normalized spacial score (nSPS) is 9.78. The van der Waals surface area contributed by atoms with Crippen molar-refractivity contribution in [2.75, 3.05) is 10.6 Å². The molecule has 0 saturated heterocycles. The van der Waals surface area contributed by atoms with Crippen LogP contribution in [-0.2, 0) is 4.79 Å². The van der Waals surface area contributed by atoms with Crippen LogP contribution < -0.4 is 10.6 Å². The number of carbonyl (C=O) groups is 2. The van der Waals surface area contributed by atoms with Crippen LogP contribution in [0.15, 0.2) is 36.5 Å². The summed E-state index contributed by atoms with van der Waals surface area (Å²) in [4.78, 5) is 27.6. The number of nitriles is 1. The zero-order valence-corrected chi connectivity index (χ0v) is 13.1. The number of anilines is 2. The average Bonchev–Trinajstić information content (AvgIpc) is 2.47. The minimum absolute atomic E-state index is 0.155. The molecule has 1 aromatic heterocycles. The van der Waals surface area contributed by atoms with Crippen LogP contribution >= 0.6 is 23.2 Å². The molecule has 0 fully saturated rings. The Morgan fingerprint density at radius 1 is 1.17 bits per heavy atom. The Labute approximate surface area is 142 Å². The molecule has 2 amide bonds. The van der Waals surface area contributed by atoms with Gasteiger partial charge in [-0.15, -0.1) is 0 Å². The number of aromatic nitrogens is 1. The van der Waals surface area contributed by atoms with E-state index in [1.165, 1.54) is 12.3 Å². The Balaban J connectivity index is 2.16. The molecule has 2 N–H and O–H groups in total. The van der Waals surface area contributed by atoms with Crippen molar-refractivity contribution in [3.8, 4) is 6.07 Å². The molecule has 8 heteroatoms. The van der Waals surface area contributed by atoms with Crippen molar-refractivity contribution in [1.29, 1.82) is 5.26 Å². The van der Waals surface area contributed by atoms with E-state index in [1.54, 1.807) is 30.3 Å². The highest BCUT2D eigenvalue weighted by Gasteiger charge is 2.15. The van der Waals surface area contributed by atoms with E-state index in [2.05, 4.69) is 15.6 Å². The highest BCUT2D eigenvalue weighted by atomic mass is 35.5. The molecule has 0 atom stereocenters. The Morgan fingerprint density at radius 2 is 1.87 bits per heavy atom. The Hall–Kier alpha value is -2.62. The van der Waals surface area contributed by atoms with Crippen LogP contribution in [0.5, 0.6) is 0 Å². The molecule has 2 rings (SSSR count). The van der Waals surface area contributed by atoms with Crippen molar-refractivity contribution in [2.45, 2.75) is 6.42 Å². The van der Waals surface area contributed by atoms with Crippen molar-refractivity contribution in [3.05, 3.63) is 52.1 Å². The summed E-state index contributed by atoms with van der Waals surface area (Å²) in [6.45, 7) is 0. The average molecular weight is 349 g/mol. The number of carbonyl (C=O) groups excluding carboxylic acids is 2. The smallest absolute Gasteiger partial charge is 0.258 e. The van der Waals surface area contributed by atoms with Gasteiger partial charge in [0.15, 0.2) is 0 Å². The third-order valence-electron chi connectivity index (χ3n) is 2.71. The Morgan fingerprint density at radius 3 is 2.52 bits per heavy atom. The second kappa shape index (κ2) is 7.58. The minimum atomic E-state index is -0.488. The fourth-order valence-electron chi connectivity index (χ4n) is 1.74. The monoisotopic (exact) mass is 348 g/mol. The predicted molar refractivity (Wildman–Crippen MR) is 87.5 cm³/mol. The number of halogens is 2. The van der Waals surface area contributed by atoms with Crippen molar-refractivity contribution in [1.82, 2.24) is 4.98 Å². The summed E-state index contributed by atoms with van der Waals surface area (Å²) in [6, 6.07) is 9.48. The van der Waals surface area contributed by atoms with Crippen LogP contribution in [0.25, 0.3) is 0 Å². The molecule has 0 saturated carbocycles. The number of nitrogens with one attached hydrogen (secondary N) is 2. The summed E-state index contributed by atoms with van der Waals surface area (Å²) in [7, 11) is 0. The number of rotatable bonds is 4. The van der Waals surface area contributed by atoms with Crippen LogP contribution in [0, 0.1) is 11.3 Å². The molecule has 0 unspecified atom stereocenters. The molecule has 0 radical (unpaired) electrons. The molecular formula is C15H10Cl2N4O2. The predicted octanol–water partition coefficient (Wildman–Crippen LogP) is 3.49.